The van der Waals surface area contributed by atoms with Gasteiger partial charge < -0.3 is 10.6 Å². The molecule has 0 unspecified atom stereocenters. The third-order valence-corrected chi connectivity index (χ3v) is 4.46. The van der Waals surface area contributed by atoms with Crippen molar-refractivity contribution in [1.82, 2.24) is 4.98 Å². The van der Waals surface area contributed by atoms with E-state index >= 15 is 0 Å². The van der Waals surface area contributed by atoms with Crippen LogP contribution in [0.15, 0.2) is 18.5 Å². The molecule has 1 aliphatic carbocycles. The van der Waals surface area contributed by atoms with Gasteiger partial charge in [-0.25, -0.2) is 0 Å². The zero-order valence-corrected chi connectivity index (χ0v) is 13.0. The number of hydrogen-bond donors (Lipinski definition) is 2. The predicted molar refractivity (Wildman–Crippen MR) is 87.2 cm³/mol. The van der Waals surface area contributed by atoms with Gasteiger partial charge in [-0.3, -0.25) is 4.98 Å². The Morgan fingerprint density at radius 3 is 2.30 bits per heavy atom. The molecule has 1 aliphatic rings. The van der Waals surface area contributed by atoms with E-state index in [9.17, 15) is 0 Å². The summed E-state index contributed by atoms with van der Waals surface area (Å²) in [6.45, 7) is 6.60. The Labute approximate surface area is 123 Å². The van der Waals surface area contributed by atoms with Gasteiger partial charge in [0.05, 0.1) is 23.8 Å². The van der Waals surface area contributed by atoms with Crippen LogP contribution in [0.4, 0.5) is 11.4 Å². The number of hydrogen-bond acceptors (Lipinski definition) is 3. The molecule has 0 saturated heterocycles. The zero-order chi connectivity index (χ0) is 14.2. The molecule has 1 aromatic heterocycles. The maximum Gasteiger partial charge on any atom is 0.0547 e. The first kappa shape index (κ1) is 15.1. The van der Waals surface area contributed by atoms with E-state index in [1.54, 1.807) is 0 Å². The summed E-state index contributed by atoms with van der Waals surface area (Å²) in [5, 5.41) is 6.95. The first-order chi connectivity index (χ1) is 9.81. The summed E-state index contributed by atoms with van der Waals surface area (Å²) in [6.07, 6.45) is 11.9. The van der Waals surface area contributed by atoms with Crippen LogP contribution in [0.3, 0.4) is 0 Å². The van der Waals surface area contributed by atoms with Gasteiger partial charge in [-0.2, -0.15) is 0 Å². The summed E-state index contributed by atoms with van der Waals surface area (Å²) in [5.74, 6) is 1.82. The van der Waals surface area contributed by atoms with E-state index in [1.165, 1.54) is 32.1 Å². The maximum absolute atomic E-state index is 4.30. The molecular formula is C17H29N3. The number of nitrogens with zero attached hydrogens (tertiary/aromatic N) is 1. The minimum absolute atomic E-state index is 0.838. The summed E-state index contributed by atoms with van der Waals surface area (Å²) in [6, 6.07) is 2.17. The van der Waals surface area contributed by atoms with Gasteiger partial charge >= 0.3 is 0 Å². The summed E-state index contributed by atoms with van der Waals surface area (Å²) in [7, 11) is 0. The van der Waals surface area contributed by atoms with Gasteiger partial charge in [0.25, 0.3) is 0 Å². The highest BCUT2D eigenvalue weighted by atomic mass is 14.9. The van der Waals surface area contributed by atoms with Crippen LogP contribution in [0.1, 0.15) is 52.4 Å². The van der Waals surface area contributed by atoms with Crippen LogP contribution in [0.5, 0.6) is 0 Å². The standard InChI is InChI=1S/C17H29N3/c1-3-9-19-16-10-17(13-18-12-16)20-11-15-7-5-14(4-2)6-8-15/h10,12-15,19-20H,3-9,11H2,1-2H3. The summed E-state index contributed by atoms with van der Waals surface area (Å²) >= 11 is 0. The van der Waals surface area contributed by atoms with Gasteiger partial charge in [-0.1, -0.05) is 33.1 Å². The molecular weight excluding hydrogens is 246 g/mol. The molecule has 0 aliphatic heterocycles. The van der Waals surface area contributed by atoms with Crippen molar-refractivity contribution in [1.29, 1.82) is 0 Å². The lowest BCUT2D eigenvalue weighted by Crippen LogP contribution is -2.21. The van der Waals surface area contributed by atoms with Crippen molar-refractivity contribution in [3.63, 3.8) is 0 Å². The first-order valence-electron chi connectivity index (χ1n) is 8.24. The van der Waals surface area contributed by atoms with Crippen molar-refractivity contribution < 1.29 is 0 Å². The maximum atomic E-state index is 4.30. The summed E-state index contributed by atoms with van der Waals surface area (Å²) in [5.41, 5.74) is 2.26. The van der Waals surface area contributed by atoms with Crippen LogP contribution in [0, 0.1) is 11.8 Å². The topological polar surface area (TPSA) is 37.0 Å². The van der Waals surface area contributed by atoms with Crippen LogP contribution >= 0.6 is 0 Å². The second-order valence-electron chi connectivity index (χ2n) is 6.06. The van der Waals surface area contributed by atoms with Crippen molar-refractivity contribution in [3.8, 4) is 0 Å². The van der Waals surface area contributed by atoms with Gasteiger partial charge in [0.2, 0.25) is 0 Å². The number of nitrogens with one attached hydrogen (secondary N) is 2. The first-order valence-corrected chi connectivity index (χ1v) is 8.24. The lowest BCUT2D eigenvalue weighted by Gasteiger charge is -2.28. The molecule has 1 heterocycles. The molecule has 0 bridgehead atoms. The fourth-order valence-electron chi connectivity index (χ4n) is 3.01. The van der Waals surface area contributed by atoms with E-state index < -0.39 is 0 Å². The van der Waals surface area contributed by atoms with Gasteiger partial charge in [0.15, 0.2) is 0 Å². The average Bonchev–Trinajstić information content (AvgIpc) is 2.52. The molecule has 112 valence electrons. The Balaban J connectivity index is 1.76. The third-order valence-electron chi connectivity index (χ3n) is 4.46. The van der Waals surface area contributed by atoms with Crippen molar-refractivity contribution >= 4 is 11.4 Å². The molecule has 1 aromatic rings. The molecule has 20 heavy (non-hydrogen) atoms. The Kier molecular flexibility index (Phi) is 6.16. The van der Waals surface area contributed by atoms with Crippen molar-refractivity contribution in [2.75, 3.05) is 23.7 Å². The molecule has 3 nitrogen and oxygen atoms in total. The van der Waals surface area contributed by atoms with Crippen LogP contribution in [0.25, 0.3) is 0 Å². The number of aromatic nitrogens is 1. The monoisotopic (exact) mass is 275 g/mol. The Bertz CT molecular complexity index is 384. The van der Waals surface area contributed by atoms with E-state index in [4.69, 9.17) is 0 Å². The molecule has 0 radical (unpaired) electrons. The molecule has 1 fully saturated rings. The minimum Gasteiger partial charge on any atom is -0.384 e. The molecule has 2 rings (SSSR count). The van der Waals surface area contributed by atoms with Gasteiger partial charge in [0.1, 0.15) is 0 Å². The lowest BCUT2D eigenvalue weighted by molar-refractivity contribution is 0.278. The van der Waals surface area contributed by atoms with E-state index in [-0.39, 0.29) is 0 Å². The Hall–Kier alpha value is -1.25. The van der Waals surface area contributed by atoms with Gasteiger partial charge in [-0.05, 0) is 37.2 Å². The average molecular weight is 275 g/mol. The number of pyridine rings is 1. The largest absolute Gasteiger partial charge is 0.384 e. The highest BCUT2D eigenvalue weighted by Gasteiger charge is 2.19. The van der Waals surface area contributed by atoms with Crippen molar-refractivity contribution in [2.45, 2.75) is 52.4 Å². The van der Waals surface area contributed by atoms with Crippen LogP contribution in [-0.4, -0.2) is 18.1 Å². The molecule has 2 N–H and O–H groups in total. The molecule has 3 heteroatoms. The molecule has 1 saturated carbocycles. The molecule has 0 atom stereocenters. The minimum atomic E-state index is 0.838. The molecule has 0 aromatic carbocycles. The SMILES string of the molecule is CCCNc1cncc(NCC2CCC(CC)CC2)c1. The van der Waals surface area contributed by atoms with E-state index in [0.717, 1.165) is 42.7 Å². The number of anilines is 2. The van der Waals surface area contributed by atoms with E-state index in [2.05, 4.69) is 35.5 Å². The fraction of sp³-hybridized carbons (Fsp3) is 0.706. The highest BCUT2D eigenvalue weighted by molar-refractivity contribution is 5.53. The van der Waals surface area contributed by atoms with Crippen LogP contribution in [-0.2, 0) is 0 Å². The lowest BCUT2D eigenvalue weighted by atomic mass is 9.81. The predicted octanol–water partition coefficient (Wildman–Crippen LogP) is 4.53. The second-order valence-corrected chi connectivity index (χ2v) is 6.06. The number of rotatable bonds is 7. The highest BCUT2D eigenvalue weighted by Crippen LogP contribution is 2.30. The zero-order valence-electron chi connectivity index (χ0n) is 13.0. The van der Waals surface area contributed by atoms with Gasteiger partial charge in [0, 0.05) is 13.1 Å². The van der Waals surface area contributed by atoms with E-state index in [1.807, 2.05) is 12.4 Å². The van der Waals surface area contributed by atoms with Gasteiger partial charge in [-0.15, -0.1) is 0 Å². The molecule has 0 amide bonds. The van der Waals surface area contributed by atoms with E-state index in [0.29, 0.717) is 0 Å². The van der Waals surface area contributed by atoms with Crippen molar-refractivity contribution in [3.05, 3.63) is 18.5 Å². The smallest absolute Gasteiger partial charge is 0.0547 e. The second kappa shape index (κ2) is 8.13. The van der Waals surface area contributed by atoms with Crippen LogP contribution in [0.2, 0.25) is 0 Å². The summed E-state index contributed by atoms with van der Waals surface area (Å²) in [4.78, 5) is 4.30. The Morgan fingerprint density at radius 1 is 1.00 bits per heavy atom. The summed E-state index contributed by atoms with van der Waals surface area (Å²) < 4.78 is 0. The fourth-order valence-corrected chi connectivity index (χ4v) is 3.01. The quantitative estimate of drug-likeness (QED) is 0.767. The van der Waals surface area contributed by atoms with Crippen LogP contribution < -0.4 is 10.6 Å². The molecule has 0 spiro atoms. The normalized spacial score (nSPS) is 22.5. The third kappa shape index (κ3) is 4.69. The van der Waals surface area contributed by atoms with Crippen molar-refractivity contribution in [2.24, 2.45) is 11.8 Å². The Morgan fingerprint density at radius 2 is 1.65 bits per heavy atom.